The van der Waals surface area contributed by atoms with Gasteiger partial charge in [-0.1, -0.05) is 84.9 Å². The fraction of sp³-hybridized carbons (Fsp3) is 0.143. The molecule has 0 saturated heterocycles. The van der Waals surface area contributed by atoms with Crippen LogP contribution in [0.15, 0.2) is 84.9 Å². The van der Waals surface area contributed by atoms with Crippen molar-refractivity contribution in [3.05, 3.63) is 107 Å². The van der Waals surface area contributed by atoms with Crippen molar-refractivity contribution >= 4 is 0 Å². The number of rotatable bonds is 2. The summed E-state index contributed by atoms with van der Waals surface area (Å²) >= 11 is 0. The molecule has 1 heteroatoms. The topological polar surface area (TPSA) is 9.23 Å². The van der Waals surface area contributed by atoms with Crippen molar-refractivity contribution in [2.75, 3.05) is 0 Å². The molecule has 1 aliphatic heterocycles. The molecule has 0 bridgehead atoms. The second-order valence-corrected chi connectivity index (χ2v) is 5.73. The molecule has 1 aliphatic rings. The Morgan fingerprint density at radius 2 is 1.23 bits per heavy atom. The molecule has 0 fully saturated rings. The zero-order chi connectivity index (χ0) is 14.8. The third-order valence-corrected chi connectivity index (χ3v) is 4.40. The number of fused-ring (bicyclic) bond motifs is 1. The predicted octanol–water partition coefficient (Wildman–Crippen LogP) is 5.09. The molecule has 1 nitrogen and oxygen atoms in total. The van der Waals surface area contributed by atoms with Crippen molar-refractivity contribution in [1.29, 1.82) is 0 Å². The molecule has 0 radical (unpaired) electrons. The van der Waals surface area contributed by atoms with Crippen molar-refractivity contribution in [2.24, 2.45) is 0 Å². The number of hydrogen-bond acceptors (Lipinski definition) is 1. The third kappa shape index (κ3) is 2.34. The summed E-state index contributed by atoms with van der Waals surface area (Å²) in [5.74, 6) is 0.244. The maximum atomic E-state index is 6.26. The fourth-order valence-corrected chi connectivity index (χ4v) is 3.35. The number of ether oxygens (including phenoxy) is 1. The Balaban J connectivity index is 1.86. The normalized spacial score (nSPS) is 20.4. The van der Waals surface area contributed by atoms with Crippen LogP contribution in [0.25, 0.3) is 0 Å². The highest BCUT2D eigenvalue weighted by Crippen LogP contribution is 2.44. The van der Waals surface area contributed by atoms with Crippen LogP contribution in [0.5, 0.6) is 0 Å². The van der Waals surface area contributed by atoms with Crippen molar-refractivity contribution in [3.63, 3.8) is 0 Å². The number of hydrogen-bond donors (Lipinski definition) is 0. The van der Waals surface area contributed by atoms with Crippen molar-refractivity contribution in [3.8, 4) is 0 Å². The lowest BCUT2D eigenvalue weighted by Crippen LogP contribution is -2.22. The van der Waals surface area contributed by atoms with Crippen LogP contribution in [0.3, 0.4) is 0 Å². The highest BCUT2D eigenvalue weighted by molar-refractivity contribution is 5.42. The fourth-order valence-electron chi connectivity index (χ4n) is 3.35. The zero-order valence-electron chi connectivity index (χ0n) is 12.4. The highest BCUT2D eigenvalue weighted by Gasteiger charge is 2.32. The lowest BCUT2D eigenvalue weighted by Gasteiger charge is -2.34. The second-order valence-electron chi connectivity index (χ2n) is 5.73. The Bertz CT molecular complexity index is 749. The minimum atomic E-state index is 0.0681. The van der Waals surface area contributed by atoms with Gasteiger partial charge in [0.15, 0.2) is 0 Å². The molecule has 1 heterocycles. The average molecular weight is 286 g/mol. The first-order valence-corrected chi connectivity index (χ1v) is 7.73. The third-order valence-electron chi connectivity index (χ3n) is 4.40. The van der Waals surface area contributed by atoms with E-state index >= 15 is 0 Å². The maximum absolute atomic E-state index is 6.26. The van der Waals surface area contributed by atoms with Crippen LogP contribution in [-0.4, -0.2) is 0 Å². The number of benzene rings is 3. The molecule has 4 rings (SSSR count). The minimum absolute atomic E-state index is 0.0681. The van der Waals surface area contributed by atoms with Crippen molar-refractivity contribution in [1.82, 2.24) is 0 Å². The lowest BCUT2D eigenvalue weighted by molar-refractivity contribution is 0.0149. The van der Waals surface area contributed by atoms with E-state index in [0.29, 0.717) is 6.61 Å². The molecule has 22 heavy (non-hydrogen) atoms. The largest absolute Gasteiger partial charge is 0.368 e. The molecule has 2 atom stereocenters. The smallest absolute Gasteiger partial charge is 0.0938 e. The molecule has 108 valence electrons. The van der Waals surface area contributed by atoms with Gasteiger partial charge in [0, 0.05) is 5.92 Å². The van der Waals surface area contributed by atoms with Gasteiger partial charge in [-0.2, -0.15) is 0 Å². The van der Waals surface area contributed by atoms with E-state index in [1.54, 1.807) is 0 Å². The molecule has 0 N–H and O–H groups in total. The van der Waals surface area contributed by atoms with Crippen LogP contribution in [-0.2, 0) is 11.3 Å². The van der Waals surface area contributed by atoms with Gasteiger partial charge >= 0.3 is 0 Å². The maximum Gasteiger partial charge on any atom is 0.0938 e. The summed E-state index contributed by atoms with van der Waals surface area (Å²) in [5.41, 5.74) is 5.23. The summed E-state index contributed by atoms with van der Waals surface area (Å²) < 4.78 is 6.26. The van der Waals surface area contributed by atoms with Crippen molar-refractivity contribution in [2.45, 2.75) is 18.6 Å². The van der Waals surface area contributed by atoms with E-state index in [1.807, 2.05) is 0 Å². The van der Waals surface area contributed by atoms with Crippen LogP contribution < -0.4 is 0 Å². The first-order valence-electron chi connectivity index (χ1n) is 7.73. The summed E-state index contributed by atoms with van der Waals surface area (Å²) in [6.07, 6.45) is 0.0681. The van der Waals surface area contributed by atoms with E-state index in [1.165, 1.54) is 22.3 Å². The monoisotopic (exact) mass is 286 g/mol. The van der Waals surface area contributed by atoms with E-state index < -0.39 is 0 Å². The average Bonchev–Trinajstić information content (AvgIpc) is 2.62. The predicted molar refractivity (Wildman–Crippen MR) is 88.7 cm³/mol. The van der Waals surface area contributed by atoms with E-state index in [-0.39, 0.29) is 12.0 Å². The lowest BCUT2D eigenvalue weighted by atomic mass is 9.80. The Morgan fingerprint density at radius 1 is 0.636 bits per heavy atom. The van der Waals surface area contributed by atoms with E-state index in [4.69, 9.17) is 4.74 Å². The molecule has 0 spiro atoms. The molecule has 3 aromatic carbocycles. The molecule has 3 aromatic rings. The van der Waals surface area contributed by atoms with Crippen molar-refractivity contribution < 1.29 is 4.74 Å². The van der Waals surface area contributed by atoms with Gasteiger partial charge in [0.05, 0.1) is 12.7 Å². The summed E-state index contributed by atoms with van der Waals surface area (Å²) in [5, 5.41) is 0. The first-order chi connectivity index (χ1) is 10.9. The molecule has 0 aromatic heterocycles. The Hall–Kier alpha value is -2.38. The van der Waals surface area contributed by atoms with Gasteiger partial charge in [0.2, 0.25) is 0 Å². The van der Waals surface area contributed by atoms with Gasteiger partial charge in [-0.05, 0) is 22.3 Å². The Morgan fingerprint density at radius 3 is 1.95 bits per heavy atom. The van der Waals surface area contributed by atoms with Gasteiger partial charge in [-0.3, -0.25) is 0 Å². The summed E-state index contributed by atoms with van der Waals surface area (Å²) in [6, 6.07) is 29.9. The van der Waals surface area contributed by atoms with Gasteiger partial charge in [0.1, 0.15) is 0 Å². The zero-order valence-corrected chi connectivity index (χ0v) is 12.4. The van der Waals surface area contributed by atoms with Gasteiger partial charge < -0.3 is 4.74 Å². The minimum Gasteiger partial charge on any atom is -0.368 e. The Labute approximate surface area is 131 Å². The van der Waals surface area contributed by atoms with Crippen LogP contribution >= 0.6 is 0 Å². The molecule has 0 unspecified atom stereocenters. The summed E-state index contributed by atoms with van der Waals surface area (Å²) in [6.45, 7) is 0.680. The van der Waals surface area contributed by atoms with Gasteiger partial charge in [-0.25, -0.2) is 0 Å². The Kier molecular flexibility index (Phi) is 3.49. The second kappa shape index (κ2) is 5.78. The SMILES string of the molecule is c1ccc([C@@H]2c3ccccc3CO[C@H]2c2ccccc2)cc1. The van der Waals surface area contributed by atoms with E-state index in [9.17, 15) is 0 Å². The summed E-state index contributed by atoms with van der Waals surface area (Å²) in [7, 11) is 0. The van der Waals surface area contributed by atoms with Gasteiger partial charge in [0.25, 0.3) is 0 Å². The highest BCUT2D eigenvalue weighted by atomic mass is 16.5. The molecule has 0 saturated carbocycles. The van der Waals surface area contributed by atoms with Crippen LogP contribution in [0, 0.1) is 0 Å². The quantitative estimate of drug-likeness (QED) is 0.637. The van der Waals surface area contributed by atoms with Gasteiger partial charge in [-0.15, -0.1) is 0 Å². The van der Waals surface area contributed by atoms with E-state index in [2.05, 4.69) is 84.9 Å². The standard InChI is InChI=1S/C21H18O/c1-3-9-16(10-4-1)20-19-14-8-7-13-18(19)15-22-21(20)17-11-5-2-6-12-17/h1-14,20-21H,15H2/t20-,21+/m1/s1. The first kappa shape index (κ1) is 13.3. The van der Waals surface area contributed by atoms with Crippen LogP contribution in [0.2, 0.25) is 0 Å². The molecule has 0 amide bonds. The molecule has 0 aliphatic carbocycles. The van der Waals surface area contributed by atoms with Crippen LogP contribution in [0.4, 0.5) is 0 Å². The van der Waals surface area contributed by atoms with Crippen LogP contribution in [0.1, 0.15) is 34.3 Å². The summed E-state index contributed by atoms with van der Waals surface area (Å²) in [4.78, 5) is 0. The molecular formula is C21H18O. The molecular weight excluding hydrogens is 268 g/mol. The van der Waals surface area contributed by atoms with E-state index in [0.717, 1.165) is 0 Å².